The summed E-state index contributed by atoms with van der Waals surface area (Å²) < 4.78 is 0. The quantitative estimate of drug-likeness (QED) is 0.294. The molecule has 0 aliphatic rings. The highest BCUT2D eigenvalue weighted by atomic mass is 16.3. The molecule has 0 unspecified atom stereocenters. The van der Waals surface area contributed by atoms with Crippen LogP contribution in [0.1, 0.15) is 16.7 Å². The van der Waals surface area contributed by atoms with Gasteiger partial charge in [-0.2, -0.15) is 0 Å². The summed E-state index contributed by atoms with van der Waals surface area (Å²) in [7, 11) is 0. The topological polar surface area (TPSA) is 61.9 Å². The normalized spacial score (nSPS) is 12.1. The Labute approximate surface area is 219 Å². The Bertz CT molecular complexity index is 1880. The maximum atomic E-state index is 13.9. The first kappa shape index (κ1) is 23.6. The lowest BCUT2D eigenvalue weighted by molar-refractivity contribution is 0.281. The Balaban J connectivity index is 1.77. The van der Waals surface area contributed by atoms with Crippen molar-refractivity contribution in [2.24, 2.45) is 0 Å². The molecular formula is C34H23NO3. The SMILES string of the molecule is [C-]#[N+]/C(c1ccccc1)=c1\c(=O)c2ccc(-c3ccc(CO)cc3)c3c(-c4ccc(CO)cc4)ccc1c32. The first-order chi connectivity index (χ1) is 18.6. The van der Waals surface area contributed by atoms with E-state index >= 15 is 0 Å². The van der Waals surface area contributed by atoms with E-state index < -0.39 is 0 Å². The van der Waals surface area contributed by atoms with E-state index in [0.717, 1.165) is 55.1 Å². The second kappa shape index (κ2) is 9.57. The van der Waals surface area contributed by atoms with Gasteiger partial charge in [-0.1, -0.05) is 97.1 Å². The molecule has 2 N–H and O–H groups in total. The fourth-order valence-corrected chi connectivity index (χ4v) is 5.31. The second-order valence-electron chi connectivity index (χ2n) is 9.31. The lowest BCUT2D eigenvalue weighted by atomic mass is 9.89. The zero-order valence-electron chi connectivity index (χ0n) is 20.5. The molecule has 0 atom stereocenters. The van der Waals surface area contributed by atoms with Crippen LogP contribution in [-0.2, 0) is 13.2 Å². The molecule has 0 radical (unpaired) electrons. The zero-order chi connectivity index (χ0) is 26.2. The third kappa shape index (κ3) is 3.74. The van der Waals surface area contributed by atoms with Crippen LogP contribution in [0.5, 0.6) is 0 Å². The number of hydrogen-bond donors (Lipinski definition) is 2. The molecule has 6 aromatic rings. The summed E-state index contributed by atoms with van der Waals surface area (Å²) in [5.74, 6) is 0. The summed E-state index contributed by atoms with van der Waals surface area (Å²) in [6, 6.07) is 32.7. The maximum absolute atomic E-state index is 13.9. The molecule has 38 heavy (non-hydrogen) atoms. The molecule has 0 bridgehead atoms. The minimum atomic E-state index is -0.144. The third-order valence-electron chi connectivity index (χ3n) is 7.19. The minimum Gasteiger partial charge on any atom is -0.392 e. The average Bonchev–Trinajstić information content (AvgIpc) is 3.27. The molecule has 6 aromatic carbocycles. The van der Waals surface area contributed by atoms with Crippen LogP contribution in [0, 0.1) is 6.57 Å². The lowest BCUT2D eigenvalue weighted by Gasteiger charge is -2.14. The van der Waals surface area contributed by atoms with Crippen molar-refractivity contribution >= 4 is 27.2 Å². The maximum Gasteiger partial charge on any atom is 0.205 e. The molecule has 0 saturated carbocycles. The Kier molecular flexibility index (Phi) is 5.94. The van der Waals surface area contributed by atoms with Crippen LogP contribution in [-0.4, -0.2) is 10.2 Å². The van der Waals surface area contributed by atoms with Crippen molar-refractivity contribution in [3.63, 3.8) is 0 Å². The molecule has 4 heteroatoms. The largest absolute Gasteiger partial charge is 0.392 e. The van der Waals surface area contributed by atoms with Crippen LogP contribution in [0.4, 0.5) is 0 Å². The molecule has 182 valence electrons. The van der Waals surface area contributed by atoms with E-state index in [9.17, 15) is 15.0 Å². The highest BCUT2D eigenvalue weighted by Crippen LogP contribution is 2.40. The predicted octanol–water partition coefficient (Wildman–Crippen LogP) is 5.90. The van der Waals surface area contributed by atoms with Gasteiger partial charge in [-0.15, -0.1) is 0 Å². The van der Waals surface area contributed by atoms with Gasteiger partial charge in [0.05, 0.1) is 19.8 Å². The van der Waals surface area contributed by atoms with E-state index in [1.165, 1.54) is 0 Å². The molecule has 6 rings (SSSR count). The van der Waals surface area contributed by atoms with Gasteiger partial charge in [-0.3, -0.25) is 4.79 Å². The summed E-state index contributed by atoms with van der Waals surface area (Å²) in [5.41, 5.74) is 6.44. The van der Waals surface area contributed by atoms with Crippen LogP contribution < -0.4 is 10.6 Å². The highest BCUT2D eigenvalue weighted by Gasteiger charge is 2.20. The molecule has 0 spiro atoms. The predicted molar refractivity (Wildman–Crippen MR) is 152 cm³/mol. The molecule has 0 aliphatic carbocycles. The number of hydrogen-bond acceptors (Lipinski definition) is 3. The van der Waals surface area contributed by atoms with Crippen molar-refractivity contribution in [2.45, 2.75) is 13.2 Å². The average molecular weight is 494 g/mol. The molecule has 0 fully saturated rings. The molecule has 4 nitrogen and oxygen atoms in total. The van der Waals surface area contributed by atoms with Gasteiger partial charge in [0.2, 0.25) is 5.70 Å². The summed E-state index contributed by atoms with van der Waals surface area (Å²) in [5, 5.41) is 22.6. The molecule has 0 aromatic heterocycles. The summed E-state index contributed by atoms with van der Waals surface area (Å²) >= 11 is 0. The van der Waals surface area contributed by atoms with Crippen molar-refractivity contribution in [2.75, 3.05) is 0 Å². The number of rotatable bonds is 5. The van der Waals surface area contributed by atoms with Crippen LogP contribution in [0.2, 0.25) is 0 Å². The third-order valence-corrected chi connectivity index (χ3v) is 7.19. The fourth-order valence-electron chi connectivity index (χ4n) is 5.31. The lowest BCUT2D eigenvalue weighted by Crippen LogP contribution is -2.22. The van der Waals surface area contributed by atoms with Crippen LogP contribution in [0.15, 0.2) is 108 Å². The summed E-state index contributed by atoms with van der Waals surface area (Å²) in [4.78, 5) is 17.7. The van der Waals surface area contributed by atoms with Gasteiger partial charge in [0.1, 0.15) is 0 Å². The molecule has 0 amide bonds. The number of benzene rings is 5. The van der Waals surface area contributed by atoms with Gasteiger partial charge in [0.15, 0.2) is 5.43 Å². The van der Waals surface area contributed by atoms with E-state index in [1.807, 2.05) is 103 Å². The summed E-state index contributed by atoms with van der Waals surface area (Å²) in [6.45, 7) is 7.89. The van der Waals surface area contributed by atoms with Gasteiger partial charge in [-0.25, -0.2) is 4.85 Å². The van der Waals surface area contributed by atoms with Crippen molar-refractivity contribution in [1.29, 1.82) is 0 Å². The number of aliphatic hydroxyl groups is 2. The first-order valence-electron chi connectivity index (χ1n) is 12.4. The van der Waals surface area contributed by atoms with Gasteiger partial charge < -0.3 is 10.2 Å². The van der Waals surface area contributed by atoms with Gasteiger partial charge >= 0.3 is 0 Å². The van der Waals surface area contributed by atoms with Gasteiger partial charge in [0.25, 0.3) is 0 Å². The molecular weight excluding hydrogens is 470 g/mol. The van der Waals surface area contributed by atoms with E-state index in [-0.39, 0.29) is 18.6 Å². The highest BCUT2D eigenvalue weighted by molar-refractivity contribution is 6.21. The summed E-state index contributed by atoms with van der Waals surface area (Å²) in [6.07, 6.45) is 0. The molecule has 0 heterocycles. The van der Waals surface area contributed by atoms with Crippen molar-refractivity contribution in [3.8, 4) is 22.3 Å². The second-order valence-corrected chi connectivity index (χ2v) is 9.31. The Morgan fingerprint density at radius 1 is 0.632 bits per heavy atom. The molecule has 0 aliphatic heterocycles. The van der Waals surface area contributed by atoms with Crippen LogP contribution in [0.3, 0.4) is 0 Å². The van der Waals surface area contributed by atoms with E-state index in [1.54, 1.807) is 0 Å². The van der Waals surface area contributed by atoms with E-state index in [0.29, 0.717) is 16.3 Å². The molecule has 0 saturated heterocycles. The van der Waals surface area contributed by atoms with Crippen LogP contribution >= 0.6 is 0 Å². The number of aliphatic hydroxyl groups excluding tert-OH is 2. The van der Waals surface area contributed by atoms with Gasteiger partial charge in [0, 0.05) is 16.0 Å². The zero-order valence-corrected chi connectivity index (χ0v) is 20.5. The van der Waals surface area contributed by atoms with E-state index in [4.69, 9.17) is 6.57 Å². The Hall–Kier alpha value is -4.82. The Morgan fingerprint density at radius 3 is 1.66 bits per heavy atom. The Morgan fingerprint density at radius 2 is 1.16 bits per heavy atom. The standard InChI is InChI=1S/C34H23NO3/c1-35-33(25-5-3-2-4-6-25)32-28-17-15-26(23-11-7-21(19-36)8-12-23)30-27(16-18-29(31(28)30)34(32)38)24-13-9-22(20-37)10-14-24/h2-18,36-37H,19-20H2/b33-32-. The van der Waals surface area contributed by atoms with Gasteiger partial charge in [-0.05, 0) is 55.8 Å². The minimum absolute atomic E-state index is 0.0336. The van der Waals surface area contributed by atoms with Crippen molar-refractivity contribution < 1.29 is 10.2 Å². The number of nitrogens with zero attached hydrogens (tertiary/aromatic N) is 1. The monoisotopic (exact) mass is 493 g/mol. The fraction of sp³-hybridized carbons (Fsp3) is 0.0588. The van der Waals surface area contributed by atoms with Crippen molar-refractivity contribution in [1.82, 2.24) is 0 Å². The van der Waals surface area contributed by atoms with Crippen LogP contribution in [0.25, 0.3) is 54.3 Å². The van der Waals surface area contributed by atoms with Crippen molar-refractivity contribution in [3.05, 3.63) is 147 Å². The smallest absolute Gasteiger partial charge is 0.205 e. The first-order valence-corrected chi connectivity index (χ1v) is 12.4. The van der Waals surface area contributed by atoms with E-state index in [2.05, 4.69) is 4.85 Å².